The molecule has 5 heteroatoms. The molecule has 1 aromatic carbocycles. The SMILES string of the molecule is COc1ccc(C(Br)C2COCCO2)cc1Cl. The first-order valence-electron chi connectivity index (χ1n) is 5.39. The molecule has 1 aliphatic rings. The molecule has 94 valence electrons. The van der Waals surface area contributed by atoms with Crippen molar-refractivity contribution in [1.82, 2.24) is 0 Å². The summed E-state index contributed by atoms with van der Waals surface area (Å²) in [5, 5.41) is 0.603. The van der Waals surface area contributed by atoms with E-state index in [1.165, 1.54) is 0 Å². The Morgan fingerprint density at radius 1 is 1.47 bits per heavy atom. The zero-order valence-electron chi connectivity index (χ0n) is 9.49. The van der Waals surface area contributed by atoms with E-state index in [0.29, 0.717) is 30.6 Å². The highest BCUT2D eigenvalue weighted by molar-refractivity contribution is 9.09. The van der Waals surface area contributed by atoms with Crippen molar-refractivity contribution < 1.29 is 14.2 Å². The van der Waals surface area contributed by atoms with Gasteiger partial charge in [-0.3, -0.25) is 0 Å². The molecule has 17 heavy (non-hydrogen) atoms. The fourth-order valence-electron chi connectivity index (χ4n) is 1.74. The average Bonchev–Trinajstić information content (AvgIpc) is 2.39. The molecule has 0 saturated carbocycles. The van der Waals surface area contributed by atoms with Crippen molar-refractivity contribution >= 4 is 27.5 Å². The van der Waals surface area contributed by atoms with Crippen LogP contribution in [0.4, 0.5) is 0 Å². The van der Waals surface area contributed by atoms with Crippen LogP contribution in [0.3, 0.4) is 0 Å². The Morgan fingerprint density at radius 3 is 2.88 bits per heavy atom. The molecular weight excluding hydrogens is 307 g/mol. The summed E-state index contributed by atoms with van der Waals surface area (Å²) in [5.74, 6) is 0.677. The van der Waals surface area contributed by atoms with Gasteiger partial charge < -0.3 is 14.2 Å². The van der Waals surface area contributed by atoms with Gasteiger partial charge in [0.05, 0.1) is 42.9 Å². The van der Waals surface area contributed by atoms with Crippen molar-refractivity contribution in [2.24, 2.45) is 0 Å². The highest BCUT2D eigenvalue weighted by Crippen LogP contribution is 2.34. The molecule has 0 bridgehead atoms. The predicted octanol–water partition coefficient (Wildman–Crippen LogP) is 3.20. The highest BCUT2D eigenvalue weighted by atomic mass is 79.9. The van der Waals surface area contributed by atoms with Crippen molar-refractivity contribution in [2.75, 3.05) is 26.9 Å². The van der Waals surface area contributed by atoms with Crippen molar-refractivity contribution in [3.63, 3.8) is 0 Å². The minimum Gasteiger partial charge on any atom is -0.495 e. The lowest BCUT2D eigenvalue weighted by Gasteiger charge is -2.27. The molecule has 0 amide bonds. The van der Waals surface area contributed by atoms with Gasteiger partial charge in [0.1, 0.15) is 5.75 Å². The van der Waals surface area contributed by atoms with E-state index in [2.05, 4.69) is 15.9 Å². The van der Waals surface area contributed by atoms with Gasteiger partial charge in [-0.25, -0.2) is 0 Å². The van der Waals surface area contributed by atoms with Crippen LogP contribution in [0.5, 0.6) is 5.75 Å². The zero-order chi connectivity index (χ0) is 12.3. The van der Waals surface area contributed by atoms with Gasteiger partial charge in [-0.2, -0.15) is 0 Å². The van der Waals surface area contributed by atoms with Gasteiger partial charge in [0.2, 0.25) is 0 Å². The van der Waals surface area contributed by atoms with Crippen LogP contribution in [0.25, 0.3) is 0 Å². The van der Waals surface area contributed by atoms with Crippen LogP contribution in [0, 0.1) is 0 Å². The zero-order valence-corrected chi connectivity index (χ0v) is 11.8. The monoisotopic (exact) mass is 320 g/mol. The van der Waals surface area contributed by atoms with Gasteiger partial charge >= 0.3 is 0 Å². The van der Waals surface area contributed by atoms with Gasteiger partial charge in [-0.1, -0.05) is 33.6 Å². The number of benzene rings is 1. The summed E-state index contributed by atoms with van der Waals surface area (Å²) in [5.41, 5.74) is 1.06. The first-order valence-corrected chi connectivity index (χ1v) is 6.68. The fraction of sp³-hybridized carbons (Fsp3) is 0.500. The first-order chi connectivity index (χ1) is 8.22. The predicted molar refractivity (Wildman–Crippen MR) is 70.2 cm³/mol. The number of alkyl halides is 1. The highest BCUT2D eigenvalue weighted by Gasteiger charge is 2.24. The largest absolute Gasteiger partial charge is 0.495 e. The van der Waals surface area contributed by atoms with E-state index in [-0.39, 0.29) is 10.9 Å². The van der Waals surface area contributed by atoms with Crippen LogP contribution in [-0.2, 0) is 9.47 Å². The third kappa shape index (κ3) is 3.13. The van der Waals surface area contributed by atoms with Crippen molar-refractivity contribution in [2.45, 2.75) is 10.9 Å². The topological polar surface area (TPSA) is 27.7 Å². The third-order valence-corrected chi connectivity index (χ3v) is 4.08. The average molecular weight is 322 g/mol. The Labute approximate surface area is 114 Å². The van der Waals surface area contributed by atoms with Crippen LogP contribution < -0.4 is 4.74 Å². The van der Waals surface area contributed by atoms with Crippen molar-refractivity contribution in [1.29, 1.82) is 0 Å². The molecule has 0 aliphatic carbocycles. The Morgan fingerprint density at radius 2 is 2.29 bits per heavy atom. The first kappa shape index (κ1) is 13.1. The number of hydrogen-bond acceptors (Lipinski definition) is 3. The minimum atomic E-state index is 0.0215. The van der Waals surface area contributed by atoms with E-state index >= 15 is 0 Å². The maximum atomic E-state index is 6.09. The molecule has 2 atom stereocenters. The molecule has 0 radical (unpaired) electrons. The molecule has 0 spiro atoms. The van der Waals surface area contributed by atoms with Gasteiger partial charge in [0, 0.05) is 0 Å². The van der Waals surface area contributed by atoms with Gasteiger partial charge in [-0.05, 0) is 17.7 Å². The van der Waals surface area contributed by atoms with Crippen LogP contribution in [-0.4, -0.2) is 33.0 Å². The molecule has 1 saturated heterocycles. The molecule has 1 fully saturated rings. The molecule has 0 N–H and O–H groups in total. The second-order valence-electron chi connectivity index (χ2n) is 3.78. The Kier molecular flexibility index (Phi) is 4.68. The summed E-state index contributed by atoms with van der Waals surface area (Å²) in [4.78, 5) is 0.0752. The number of halogens is 2. The van der Waals surface area contributed by atoms with E-state index in [1.807, 2.05) is 18.2 Å². The lowest BCUT2D eigenvalue weighted by atomic mass is 10.1. The summed E-state index contributed by atoms with van der Waals surface area (Å²) in [6, 6.07) is 5.72. The van der Waals surface area contributed by atoms with E-state index in [0.717, 1.165) is 5.56 Å². The van der Waals surface area contributed by atoms with Crippen LogP contribution in [0.2, 0.25) is 5.02 Å². The maximum absolute atomic E-state index is 6.09. The molecule has 1 aliphatic heterocycles. The summed E-state index contributed by atoms with van der Waals surface area (Å²) >= 11 is 9.72. The maximum Gasteiger partial charge on any atom is 0.137 e. The molecule has 3 nitrogen and oxygen atoms in total. The lowest BCUT2D eigenvalue weighted by molar-refractivity contribution is -0.0876. The molecule has 1 heterocycles. The quantitative estimate of drug-likeness (QED) is 0.800. The van der Waals surface area contributed by atoms with Gasteiger partial charge in [0.25, 0.3) is 0 Å². The minimum absolute atomic E-state index is 0.0215. The van der Waals surface area contributed by atoms with Crippen molar-refractivity contribution in [3.05, 3.63) is 28.8 Å². The van der Waals surface area contributed by atoms with E-state index < -0.39 is 0 Å². The summed E-state index contributed by atoms with van der Waals surface area (Å²) < 4.78 is 16.2. The second kappa shape index (κ2) is 6.05. The number of methoxy groups -OCH3 is 1. The lowest BCUT2D eigenvalue weighted by Crippen LogP contribution is -2.31. The van der Waals surface area contributed by atoms with Gasteiger partial charge in [0.15, 0.2) is 0 Å². The normalized spacial score (nSPS) is 22.2. The number of ether oxygens (including phenoxy) is 3. The fourth-order valence-corrected chi connectivity index (χ4v) is 2.60. The van der Waals surface area contributed by atoms with Crippen LogP contribution in [0.1, 0.15) is 10.4 Å². The molecule has 0 aromatic heterocycles. The van der Waals surface area contributed by atoms with Gasteiger partial charge in [-0.15, -0.1) is 0 Å². The molecule has 2 unspecified atom stereocenters. The molecule has 1 aromatic rings. The van der Waals surface area contributed by atoms with E-state index in [9.17, 15) is 0 Å². The smallest absolute Gasteiger partial charge is 0.137 e. The van der Waals surface area contributed by atoms with E-state index in [4.69, 9.17) is 25.8 Å². The van der Waals surface area contributed by atoms with Crippen molar-refractivity contribution in [3.8, 4) is 5.75 Å². The second-order valence-corrected chi connectivity index (χ2v) is 5.17. The Hall–Kier alpha value is -0.290. The summed E-state index contributed by atoms with van der Waals surface area (Å²) in [7, 11) is 1.60. The van der Waals surface area contributed by atoms with Crippen LogP contribution in [0.15, 0.2) is 18.2 Å². The third-order valence-electron chi connectivity index (χ3n) is 2.66. The standard InChI is InChI=1S/C12H14BrClO3/c1-15-10-3-2-8(6-9(10)14)12(13)11-7-16-4-5-17-11/h2-3,6,11-12H,4-5,7H2,1H3. The Bertz CT molecular complexity index is 380. The van der Waals surface area contributed by atoms with E-state index in [1.54, 1.807) is 7.11 Å². The molecule has 2 rings (SSSR count). The number of hydrogen-bond donors (Lipinski definition) is 0. The number of rotatable bonds is 3. The summed E-state index contributed by atoms with van der Waals surface area (Å²) in [6.45, 7) is 1.90. The molecular formula is C12H14BrClO3. The Balaban J connectivity index is 2.12. The van der Waals surface area contributed by atoms with Crippen LogP contribution >= 0.6 is 27.5 Å². The summed E-state index contributed by atoms with van der Waals surface area (Å²) in [6.07, 6.45) is 0.0215.